The second-order valence-electron chi connectivity index (χ2n) is 6.48. The van der Waals surface area contributed by atoms with E-state index in [1.165, 1.54) is 0 Å². The van der Waals surface area contributed by atoms with Gasteiger partial charge in [-0.05, 0) is 37.0 Å². The molecule has 0 radical (unpaired) electrons. The van der Waals surface area contributed by atoms with E-state index in [1.807, 2.05) is 26.1 Å². The first-order valence-electron chi connectivity index (χ1n) is 8.63. The maximum Gasteiger partial charge on any atom is 0.253 e. The molecule has 2 aromatic heterocycles. The monoisotopic (exact) mass is 344 g/mol. The Balaban J connectivity index is 1.58. The van der Waals surface area contributed by atoms with Crippen LogP contribution >= 0.6 is 0 Å². The van der Waals surface area contributed by atoms with Crippen LogP contribution in [-0.2, 0) is 14.3 Å². The van der Waals surface area contributed by atoms with Crippen LogP contribution < -0.4 is 5.32 Å². The lowest BCUT2D eigenvalue weighted by atomic mass is 10.1. The molecule has 0 spiro atoms. The van der Waals surface area contributed by atoms with Crippen LogP contribution in [0.5, 0.6) is 0 Å². The third kappa shape index (κ3) is 4.64. The Hall–Kier alpha value is -2.25. The van der Waals surface area contributed by atoms with Gasteiger partial charge in [0.15, 0.2) is 5.82 Å². The minimum atomic E-state index is -0.519. The summed E-state index contributed by atoms with van der Waals surface area (Å²) in [5.74, 6) is 0.595. The fraction of sp³-hybridized carbons (Fsp3) is 0.500. The van der Waals surface area contributed by atoms with Crippen LogP contribution in [0.1, 0.15) is 26.7 Å². The van der Waals surface area contributed by atoms with Crippen molar-refractivity contribution in [3.8, 4) is 5.82 Å². The molecule has 1 saturated heterocycles. The summed E-state index contributed by atoms with van der Waals surface area (Å²) in [6, 6.07) is 5.44. The van der Waals surface area contributed by atoms with Crippen LogP contribution in [0.15, 0.2) is 36.8 Å². The maximum atomic E-state index is 12.6. The number of carbonyl (C=O) groups excluding carboxylic acids is 1. The van der Waals surface area contributed by atoms with Gasteiger partial charge in [-0.1, -0.05) is 13.8 Å². The number of pyridine rings is 1. The number of amides is 1. The zero-order valence-corrected chi connectivity index (χ0v) is 14.6. The van der Waals surface area contributed by atoms with Crippen molar-refractivity contribution in [1.82, 2.24) is 14.8 Å². The van der Waals surface area contributed by atoms with Crippen molar-refractivity contribution in [3.63, 3.8) is 0 Å². The lowest BCUT2D eigenvalue weighted by molar-refractivity contribution is -0.132. The smallest absolute Gasteiger partial charge is 0.253 e. The lowest BCUT2D eigenvalue weighted by Gasteiger charge is -2.22. The molecular weight excluding hydrogens is 320 g/mol. The summed E-state index contributed by atoms with van der Waals surface area (Å²) >= 11 is 0. The summed E-state index contributed by atoms with van der Waals surface area (Å²) in [4.78, 5) is 16.9. The van der Waals surface area contributed by atoms with E-state index in [0.29, 0.717) is 18.1 Å². The number of aromatic nitrogens is 3. The highest BCUT2D eigenvalue weighted by Gasteiger charge is 2.26. The summed E-state index contributed by atoms with van der Waals surface area (Å²) in [6.45, 7) is 5.17. The number of nitrogens with one attached hydrogen (secondary N) is 1. The molecule has 3 heterocycles. The molecule has 1 aliphatic heterocycles. The van der Waals surface area contributed by atoms with Gasteiger partial charge in [0.05, 0.1) is 24.6 Å². The third-order valence-electron chi connectivity index (χ3n) is 4.10. The number of carbonyl (C=O) groups is 1. The minimum absolute atomic E-state index is 0.0673. The van der Waals surface area contributed by atoms with Gasteiger partial charge in [0, 0.05) is 19.0 Å². The van der Waals surface area contributed by atoms with Gasteiger partial charge in [-0.2, -0.15) is 5.10 Å². The van der Waals surface area contributed by atoms with E-state index in [-0.39, 0.29) is 17.9 Å². The largest absolute Gasteiger partial charge is 0.376 e. The van der Waals surface area contributed by atoms with Crippen molar-refractivity contribution < 1.29 is 14.3 Å². The summed E-state index contributed by atoms with van der Waals surface area (Å²) < 4.78 is 13.0. The number of anilines is 1. The van der Waals surface area contributed by atoms with E-state index in [9.17, 15) is 4.79 Å². The second-order valence-corrected chi connectivity index (χ2v) is 6.48. The number of nitrogens with zero attached hydrogens (tertiary/aromatic N) is 3. The minimum Gasteiger partial charge on any atom is -0.376 e. The van der Waals surface area contributed by atoms with E-state index < -0.39 is 6.10 Å². The van der Waals surface area contributed by atoms with E-state index in [4.69, 9.17) is 9.47 Å². The van der Waals surface area contributed by atoms with Crippen LogP contribution in [0, 0.1) is 5.92 Å². The van der Waals surface area contributed by atoms with Gasteiger partial charge in [0.1, 0.15) is 6.10 Å². The molecule has 1 fully saturated rings. The predicted molar refractivity (Wildman–Crippen MR) is 93.5 cm³/mol. The van der Waals surface area contributed by atoms with Crippen LogP contribution in [0.25, 0.3) is 5.82 Å². The fourth-order valence-corrected chi connectivity index (χ4v) is 2.77. The first kappa shape index (κ1) is 17.6. The van der Waals surface area contributed by atoms with Gasteiger partial charge in [-0.15, -0.1) is 0 Å². The maximum absolute atomic E-state index is 12.6. The van der Waals surface area contributed by atoms with Crippen LogP contribution in [0.2, 0.25) is 0 Å². The molecule has 2 atom stereocenters. The summed E-state index contributed by atoms with van der Waals surface area (Å²) in [5.41, 5.74) is 0.632. The van der Waals surface area contributed by atoms with E-state index in [0.717, 1.165) is 19.4 Å². The summed E-state index contributed by atoms with van der Waals surface area (Å²) in [6.07, 6.45) is 6.75. The van der Waals surface area contributed by atoms with Crippen LogP contribution in [-0.4, -0.2) is 46.1 Å². The Morgan fingerprint density at radius 1 is 1.48 bits per heavy atom. The molecule has 7 heteroatoms. The fourth-order valence-electron chi connectivity index (χ4n) is 2.77. The normalized spacial score (nSPS) is 18.4. The Kier molecular flexibility index (Phi) is 5.78. The molecule has 0 saturated carbocycles. The molecule has 25 heavy (non-hydrogen) atoms. The highest BCUT2D eigenvalue weighted by Crippen LogP contribution is 2.17. The standard InChI is InChI=1S/C18H24N4O3/c1-13(2)17(25-12-15-5-3-10-24-15)18(23)21-14-6-7-16(19-11-14)22-9-4-8-20-22/h4,6-9,11,13,15,17H,3,5,10,12H2,1-2H3,(H,21,23)/t15-,17+/m0/s1. The highest BCUT2D eigenvalue weighted by atomic mass is 16.5. The van der Waals surface area contributed by atoms with Gasteiger partial charge in [0.2, 0.25) is 0 Å². The Morgan fingerprint density at radius 2 is 2.36 bits per heavy atom. The molecule has 0 aromatic carbocycles. The van der Waals surface area contributed by atoms with Crippen molar-refractivity contribution in [2.45, 2.75) is 38.9 Å². The van der Waals surface area contributed by atoms with Crippen LogP contribution in [0.3, 0.4) is 0 Å². The number of ether oxygens (including phenoxy) is 2. The quantitative estimate of drug-likeness (QED) is 0.834. The van der Waals surface area contributed by atoms with Gasteiger partial charge >= 0.3 is 0 Å². The molecule has 1 aliphatic rings. The Bertz CT molecular complexity index is 664. The topological polar surface area (TPSA) is 78.3 Å². The van der Waals surface area contributed by atoms with Crippen molar-refractivity contribution in [3.05, 3.63) is 36.8 Å². The Labute approximate surface area is 147 Å². The van der Waals surface area contributed by atoms with E-state index in [2.05, 4.69) is 15.4 Å². The van der Waals surface area contributed by atoms with Gasteiger partial charge in [-0.25, -0.2) is 9.67 Å². The van der Waals surface area contributed by atoms with Gasteiger partial charge < -0.3 is 14.8 Å². The van der Waals surface area contributed by atoms with Gasteiger partial charge in [-0.3, -0.25) is 4.79 Å². The molecule has 3 rings (SSSR count). The summed E-state index contributed by atoms with van der Waals surface area (Å²) in [7, 11) is 0. The SMILES string of the molecule is CC(C)[C@@H](OC[C@@H]1CCCO1)C(=O)Nc1ccc(-n2cccn2)nc1. The second kappa shape index (κ2) is 8.22. The molecular formula is C18H24N4O3. The van der Waals surface area contributed by atoms with Crippen LogP contribution in [0.4, 0.5) is 5.69 Å². The molecule has 1 amide bonds. The zero-order chi connectivity index (χ0) is 17.6. The van der Waals surface area contributed by atoms with Gasteiger partial charge in [0.25, 0.3) is 5.91 Å². The number of rotatable bonds is 7. The molecule has 7 nitrogen and oxygen atoms in total. The third-order valence-corrected chi connectivity index (χ3v) is 4.10. The molecule has 2 aromatic rings. The molecule has 0 unspecified atom stereocenters. The van der Waals surface area contributed by atoms with Crippen molar-refractivity contribution in [2.75, 3.05) is 18.5 Å². The highest BCUT2D eigenvalue weighted by molar-refractivity contribution is 5.94. The Morgan fingerprint density at radius 3 is 2.96 bits per heavy atom. The number of hydrogen-bond acceptors (Lipinski definition) is 5. The van der Waals surface area contributed by atoms with E-state index >= 15 is 0 Å². The average Bonchev–Trinajstić information content (AvgIpc) is 3.29. The summed E-state index contributed by atoms with van der Waals surface area (Å²) in [5, 5.41) is 7.00. The molecule has 1 N–H and O–H groups in total. The first-order valence-corrected chi connectivity index (χ1v) is 8.63. The number of hydrogen-bond donors (Lipinski definition) is 1. The molecule has 0 aliphatic carbocycles. The average molecular weight is 344 g/mol. The van der Waals surface area contributed by atoms with Crippen molar-refractivity contribution in [2.24, 2.45) is 5.92 Å². The zero-order valence-electron chi connectivity index (χ0n) is 14.6. The van der Waals surface area contributed by atoms with Crippen molar-refractivity contribution in [1.29, 1.82) is 0 Å². The van der Waals surface area contributed by atoms with E-state index in [1.54, 1.807) is 29.2 Å². The molecule has 0 bridgehead atoms. The molecule has 134 valence electrons. The first-order chi connectivity index (χ1) is 12.1. The lowest BCUT2D eigenvalue weighted by Crippen LogP contribution is -2.36. The predicted octanol–water partition coefficient (Wildman–Crippen LogP) is 2.43. The van der Waals surface area contributed by atoms with Crippen molar-refractivity contribution >= 4 is 11.6 Å².